The van der Waals surface area contributed by atoms with Crippen LogP contribution in [0.15, 0.2) is 48.5 Å². The molecule has 0 spiro atoms. The van der Waals surface area contributed by atoms with E-state index in [4.69, 9.17) is 15.2 Å². The average Bonchev–Trinajstić information content (AvgIpc) is 2.47. The molecule has 0 saturated carbocycles. The van der Waals surface area contributed by atoms with Crippen LogP contribution in [0, 0.1) is 0 Å². The van der Waals surface area contributed by atoms with E-state index in [1.165, 1.54) is 5.56 Å². The number of hydrogen-bond donors (Lipinski definition) is 1. The van der Waals surface area contributed by atoms with Gasteiger partial charge in [0.15, 0.2) is 0 Å². The molecule has 0 amide bonds. The van der Waals surface area contributed by atoms with Crippen molar-refractivity contribution < 1.29 is 9.47 Å². The SMILES string of the molecule is CCCc1ccc(N)cc1OCCOc1ccccc1. The molecule has 2 aromatic carbocycles. The number of rotatable bonds is 7. The molecule has 3 nitrogen and oxygen atoms in total. The molecular formula is C17H21NO2. The highest BCUT2D eigenvalue weighted by atomic mass is 16.5. The van der Waals surface area contributed by atoms with Gasteiger partial charge in [0.1, 0.15) is 24.7 Å². The summed E-state index contributed by atoms with van der Waals surface area (Å²) in [5.41, 5.74) is 7.73. The van der Waals surface area contributed by atoms with Crippen molar-refractivity contribution in [1.29, 1.82) is 0 Å². The predicted molar refractivity (Wildman–Crippen MR) is 82.3 cm³/mol. The van der Waals surface area contributed by atoms with Gasteiger partial charge in [0.2, 0.25) is 0 Å². The van der Waals surface area contributed by atoms with Gasteiger partial charge in [-0.1, -0.05) is 37.6 Å². The van der Waals surface area contributed by atoms with Gasteiger partial charge in [-0.2, -0.15) is 0 Å². The van der Waals surface area contributed by atoms with E-state index >= 15 is 0 Å². The maximum atomic E-state index is 5.81. The van der Waals surface area contributed by atoms with E-state index < -0.39 is 0 Å². The van der Waals surface area contributed by atoms with Crippen LogP contribution in [0.5, 0.6) is 11.5 Å². The zero-order valence-corrected chi connectivity index (χ0v) is 11.8. The minimum Gasteiger partial charge on any atom is -0.490 e. The molecule has 3 heteroatoms. The molecule has 0 saturated heterocycles. The van der Waals surface area contributed by atoms with E-state index in [0.29, 0.717) is 13.2 Å². The molecule has 2 N–H and O–H groups in total. The Morgan fingerprint density at radius 1 is 0.950 bits per heavy atom. The fraction of sp³-hybridized carbons (Fsp3) is 0.294. The van der Waals surface area contributed by atoms with Crippen LogP contribution in [0.3, 0.4) is 0 Å². The predicted octanol–water partition coefficient (Wildman–Crippen LogP) is 3.68. The Kier molecular flexibility index (Phi) is 5.30. The molecule has 0 atom stereocenters. The van der Waals surface area contributed by atoms with Crippen LogP contribution in [0.25, 0.3) is 0 Å². The Balaban J connectivity index is 1.85. The van der Waals surface area contributed by atoms with Crippen molar-refractivity contribution in [1.82, 2.24) is 0 Å². The Morgan fingerprint density at radius 3 is 2.45 bits per heavy atom. The fourth-order valence-electron chi connectivity index (χ4n) is 2.01. The molecule has 0 fully saturated rings. The molecule has 0 radical (unpaired) electrons. The molecule has 0 bridgehead atoms. The normalized spacial score (nSPS) is 10.2. The Morgan fingerprint density at radius 2 is 1.70 bits per heavy atom. The topological polar surface area (TPSA) is 44.5 Å². The van der Waals surface area contributed by atoms with Crippen LogP contribution in [0.1, 0.15) is 18.9 Å². The van der Waals surface area contributed by atoms with E-state index in [9.17, 15) is 0 Å². The molecule has 0 aliphatic carbocycles. The standard InChI is InChI=1S/C17H21NO2/c1-2-6-14-9-10-15(18)13-17(14)20-12-11-19-16-7-4-3-5-8-16/h3-5,7-10,13H,2,6,11-12,18H2,1H3. The highest BCUT2D eigenvalue weighted by Crippen LogP contribution is 2.23. The van der Waals surface area contributed by atoms with Gasteiger partial charge >= 0.3 is 0 Å². The van der Waals surface area contributed by atoms with E-state index in [1.807, 2.05) is 48.5 Å². The van der Waals surface area contributed by atoms with Crippen LogP contribution in [0.4, 0.5) is 5.69 Å². The van der Waals surface area contributed by atoms with E-state index in [0.717, 1.165) is 30.0 Å². The van der Waals surface area contributed by atoms with Crippen LogP contribution >= 0.6 is 0 Å². The van der Waals surface area contributed by atoms with Crippen molar-refractivity contribution in [3.8, 4) is 11.5 Å². The smallest absolute Gasteiger partial charge is 0.124 e. The third-order valence-corrected chi connectivity index (χ3v) is 2.96. The van der Waals surface area contributed by atoms with E-state index in [-0.39, 0.29) is 0 Å². The van der Waals surface area contributed by atoms with Gasteiger partial charge in [0, 0.05) is 11.8 Å². The van der Waals surface area contributed by atoms with Crippen LogP contribution < -0.4 is 15.2 Å². The lowest BCUT2D eigenvalue weighted by Crippen LogP contribution is -2.10. The molecular weight excluding hydrogens is 250 g/mol. The van der Waals surface area contributed by atoms with Crippen LogP contribution in [-0.4, -0.2) is 13.2 Å². The Labute approximate surface area is 120 Å². The fourth-order valence-corrected chi connectivity index (χ4v) is 2.01. The summed E-state index contributed by atoms with van der Waals surface area (Å²) < 4.78 is 11.4. The molecule has 0 aliphatic heterocycles. The first-order chi connectivity index (χ1) is 9.79. The molecule has 2 rings (SSSR count). The number of benzene rings is 2. The largest absolute Gasteiger partial charge is 0.490 e. The molecule has 0 unspecified atom stereocenters. The zero-order chi connectivity index (χ0) is 14.2. The lowest BCUT2D eigenvalue weighted by atomic mass is 10.1. The van der Waals surface area contributed by atoms with Gasteiger partial charge in [-0.25, -0.2) is 0 Å². The third-order valence-electron chi connectivity index (χ3n) is 2.96. The van der Waals surface area contributed by atoms with Crippen molar-refractivity contribution in [3.63, 3.8) is 0 Å². The van der Waals surface area contributed by atoms with Crippen LogP contribution in [0.2, 0.25) is 0 Å². The molecule has 0 aromatic heterocycles. The summed E-state index contributed by atoms with van der Waals surface area (Å²) in [7, 11) is 0. The quantitative estimate of drug-likeness (QED) is 0.617. The van der Waals surface area contributed by atoms with Gasteiger partial charge in [-0.15, -0.1) is 0 Å². The first-order valence-electron chi connectivity index (χ1n) is 6.98. The summed E-state index contributed by atoms with van der Waals surface area (Å²) in [5, 5.41) is 0. The van der Waals surface area contributed by atoms with E-state index in [2.05, 4.69) is 6.92 Å². The molecule has 20 heavy (non-hydrogen) atoms. The first kappa shape index (κ1) is 14.3. The third kappa shape index (κ3) is 4.19. The number of ether oxygens (including phenoxy) is 2. The van der Waals surface area contributed by atoms with Gasteiger partial charge in [0.05, 0.1) is 0 Å². The number of anilines is 1. The van der Waals surface area contributed by atoms with Crippen molar-refractivity contribution in [3.05, 3.63) is 54.1 Å². The summed E-state index contributed by atoms with van der Waals surface area (Å²) in [6.45, 7) is 3.18. The van der Waals surface area contributed by atoms with Crippen molar-refractivity contribution in [2.75, 3.05) is 18.9 Å². The summed E-state index contributed by atoms with van der Waals surface area (Å²) in [4.78, 5) is 0. The average molecular weight is 271 g/mol. The second kappa shape index (κ2) is 7.43. The molecule has 106 valence electrons. The minimum atomic E-state index is 0.509. The zero-order valence-electron chi connectivity index (χ0n) is 11.8. The molecule has 0 heterocycles. The maximum absolute atomic E-state index is 5.81. The van der Waals surface area contributed by atoms with Gasteiger partial charge in [-0.3, -0.25) is 0 Å². The summed E-state index contributed by atoms with van der Waals surface area (Å²) in [6, 6.07) is 15.6. The number of hydrogen-bond acceptors (Lipinski definition) is 3. The highest BCUT2D eigenvalue weighted by molar-refractivity contribution is 5.48. The Bertz CT molecular complexity index is 526. The summed E-state index contributed by atoms with van der Waals surface area (Å²) >= 11 is 0. The van der Waals surface area contributed by atoms with Crippen molar-refractivity contribution in [2.45, 2.75) is 19.8 Å². The van der Waals surface area contributed by atoms with E-state index in [1.54, 1.807) is 0 Å². The summed E-state index contributed by atoms with van der Waals surface area (Å²) in [6.07, 6.45) is 2.08. The van der Waals surface area contributed by atoms with Gasteiger partial charge < -0.3 is 15.2 Å². The lowest BCUT2D eigenvalue weighted by Gasteiger charge is -2.12. The number of nitrogens with two attached hydrogens (primary N) is 1. The maximum Gasteiger partial charge on any atom is 0.124 e. The van der Waals surface area contributed by atoms with Gasteiger partial charge in [0.25, 0.3) is 0 Å². The Hall–Kier alpha value is -2.16. The van der Waals surface area contributed by atoms with Gasteiger partial charge in [-0.05, 0) is 30.2 Å². The number of aryl methyl sites for hydroxylation is 1. The minimum absolute atomic E-state index is 0.509. The second-order valence-electron chi connectivity index (χ2n) is 4.63. The number of nitrogen functional groups attached to an aromatic ring is 1. The summed E-state index contributed by atoms with van der Waals surface area (Å²) in [5.74, 6) is 1.72. The number of para-hydroxylation sites is 1. The highest BCUT2D eigenvalue weighted by Gasteiger charge is 2.04. The molecule has 0 aliphatic rings. The lowest BCUT2D eigenvalue weighted by molar-refractivity contribution is 0.216. The molecule has 2 aromatic rings. The first-order valence-corrected chi connectivity index (χ1v) is 6.98. The van der Waals surface area contributed by atoms with Crippen LogP contribution in [-0.2, 0) is 6.42 Å². The van der Waals surface area contributed by atoms with Crippen molar-refractivity contribution in [2.24, 2.45) is 0 Å². The van der Waals surface area contributed by atoms with Crippen molar-refractivity contribution >= 4 is 5.69 Å². The monoisotopic (exact) mass is 271 g/mol. The second-order valence-corrected chi connectivity index (χ2v) is 4.63.